The van der Waals surface area contributed by atoms with Gasteiger partial charge in [0.1, 0.15) is 0 Å². The summed E-state index contributed by atoms with van der Waals surface area (Å²) in [5.74, 6) is -0.115. The summed E-state index contributed by atoms with van der Waals surface area (Å²) >= 11 is 0. The van der Waals surface area contributed by atoms with Gasteiger partial charge in [-0.1, -0.05) is 91.0 Å². The van der Waals surface area contributed by atoms with E-state index in [0.29, 0.717) is 5.69 Å². The Bertz CT molecular complexity index is 1290. The number of rotatable bonds is 8. The average molecular weight is 471 g/mol. The van der Waals surface area contributed by atoms with Crippen molar-refractivity contribution >= 4 is 21.6 Å². The zero-order valence-corrected chi connectivity index (χ0v) is 19.7. The molecule has 0 atom stereocenters. The van der Waals surface area contributed by atoms with Gasteiger partial charge in [-0.15, -0.1) is 0 Å². The molecular formula is C28H26N2O3S. The van der Waals surface area contributed by atoms with Gasteiger partial charge in [0.25, 0.3) is 10.0 Å². The number of carbonyl (C=O) groups excluding carboxylic acids is 1. The van der Waals surface area contributed by atoms with Gasteiger partial charge in [-0.2, -0.15) is 0 Å². The number of amides is 1. The van der Waals surface area contributed by atoms with Crippen LogP contribution in [0.25, 0.3) is 0 Å². The zero-order valence-electron chi connectivity index (χ0n) is 18.8. The Morgan fingerprint density at radius 2 is 1.21 bits per heavy atom. The number of hydrogen-bond acceptors (Lipinski definition) is 3. The minimum Gasteiger partial charge on any atom is -0.345 e. The van der Waals surface area contributed by atoms with Gasteiger partial charge in [-0.3, -0.25) is 9.10 Å². The van der Waals surface area contributed by atoms with E-state index in [1.54, 1.807) is 54.6 Å². The first-order valence-corrected chi connectivity index (χ1v) is 12.4. The van der Waals surface area contributed by atoms with Crippen molar-refractivity contribution in [3.63, 3.8) is 0 Å². The van der Waals surface area contributed by atoms with E-state index in [1.165, 1.54) is 11.4 Å². The van der Waals surface area contributed by atoms with Gasteiger partial charge in [0, 0.05) is 7.05 Å². The quantitative estimate of drug-likeness (QED) is 0.396. The van der Waals surface area contributed by atoms with Gasteiger partial charge in [0.05, 0.1) is 23.0 Å². The number of anilines is 1. The van der Waals surface area contributed by atoms with Crippen LogP contribution in [0.4, 0.5) is 5.69 Å². The fraction of sp³-hybridized carbons (Fsp3) is 0.107. The first kappa shape index (κ1) is 23.3. The van der Waals surface area contributed by atoms with Gasteiger partial charge in [0.15, 0.2) is 0 Å². The minimum absolute atomic E-state index is 0.115. The van der Waals surface area contributed by atoms with Crippen molar-refractivity contribution in [2.24, 2.45) is 0 Å². The lowest BCUT2D eigenvalue weighted by molar-refractivity contribution is -0.120. The van der Waals surface area contributed by atoms with Crippen molar-refractivity contribution in [3.8, 4) is 0 Å². The van der Waals surface area contributed by atoms with Crippen molar-refractivity contribution < 1.29 is 13.2 Å². The van der Waals surface area contributed by atoms with Gasteiger partial charge >= 0.3 is 0 Å². The van der Waals surface area contributed by atoms with Crippen molar-refractivity contribution in [2.45, 2.75) is 17.4 Å². The van der Waals surface area contributed by atoms with Crippen molar-refractivity contribution in [2.75, 3.05) is 11.4 Å². The molecule has 0 unspecified atom stereocenters. The Morgan fingerprint density at radius 1 is 0.735 bits per heavy atom. The van der Waals surface area contributed by atoms with E-state index >= 15 is 0 Å². The molecular weight excluding hydrogens is 444 g/mol. The highest BCUT2D eigenvalue weighted by atomic mass is 32.2. The van der Waals surface area contributed by atoms with Crippen molar-refractivity contribution in [1.82, 2.24) is 5.32 Å². The maximum Gasteiger partial charge on any atom is 0.264 e. The van der Waals surface area contributed by atoms with Crippen LogP contribution in [-0.2, 0) is 21.2 Å². The van der Waals surface area contributed by atoms with Crippen molar-refractivity contribution in [3.05, 3.63) is 132 Å². The van der Waals surface area contributed by atoms with E-state index in [2.05, 4.69) is 5.32 Å². The summed E-state index contributed by atoms with van der Waals surface area (Å²) in [5.41, 5.74) is 3.33. The van der Waals surface area contributed by atoms with Gasteiger partial charge < -0.3 is 5.32 Å². The third-order valence-electron chi connectivity index (χ3n) is 5.64. The summed E-state index contributed by atoms with van der Waals surface area (Å²) in [6.45, 7) is 0. The molecule has 5 nitrogen and oxygen atoms in total. The molecule has 0 bridgehead atoms. The topological polar surface area (TPSA) is 66.5 Å². The molecule has 34 heavy (non-hydrogen) atoms. The molecule has 0 fully saturated rings. The Hall–Kier alpha value is -3.90. The Balaban J connectivity index is 1.47. The first-order valence-electron chi connectivity index (χ1n) is 11.0. The van der Waals surface area contributed by atoms with Crippen LogP contribution < -0.4 is 9.62 Å². The standard InChI is InChI=1S/C28H26N2O3S/c1-30(34(32,33)26-15-9-4-10-16-26)25-19-17-22(18-20-25)21-27(31)29-28(23-11-5-2-6-12-23)24-13-7-3-8-14-24/h2-20,28H,21H2,1H3,(H,29,31). The fourth-order valence-corrected chi connectivity index (χ4v) is 4.98. The summed E-state index contributed by atoms with van der Waals surface area (Å²) in [6.07, 6.45) is 0.186. The predicted octanol–water partition coefficient (Wildman–Crippen LogP) is 4.96. The lowest BCUT2D eigenvalue weighted by Gasteiger charge is -2.21. The number of benzene rings is 4. The summed E-state index contributed by atoms with van der Waals surface area (Å²) in [4.78, 5) is 13.1. The lowest BCUT2D eigenvalue weighted by atomic mass is 9.98. The molecule has 1 N–H and O–H groups in total. The third kappa shape index (κ3) is 5.35. The fourth-order valence-electron chi connectivity index (χ4n) is 3.76. The minimum atomic E-state index is -3.65. The molecule has 4 rings (SSSR count). The molecule has 0 aromatic heterocycles. The molecule has 0 radical (unpaired) electrons. The van der Waals surface area contributed by atoms with E-state index < -0.39 is 10.0 Å². The molecule has 0 saturated carbocycles. The molecule has 0 aliphatic carbocycles. The Kier molecular flexibility index (Phi) is 7.09. The van der Waals surface area contributed by atoms with Crippen LogP contribution in [0.3, 0.4) is 0 Å². The highest BCUT2D eigenvalue weighted by Crippen LogP contribution is 2.24. The summed E-state index contributed by atoms with van der Waals surface area (Å²) < 4.78 is 26.9. The average Bonchev–Trinajstić information content (AvgIpc) is 2.89. The monoisotopic (exact) mass is 470 g/mol. The second kappa shape index (κ2) is 10.4. The SMILES string of the molecule is CN(c1ccc(CC(=O)NC(c2ccccc2)c2ccccc2)cc1)S(=O)(=O)c1ccccc1. The van der Waals surface area contributed by atoms with Crippen LogP contribution in [0.2, 0.25) is 0 Å². The van der Waals surface area contributed by atoms with Crippen LogP contribution in [0.1, 0.15) is 22.7 Å². The van der Waals surface area contributed by atoms with Gasteiger partial charge in [-0.05, 0) is 41.0 Å². The largest absolute Gasteiger partial charge is 0.345 e. The van der Waals surface area contributed by atoms with Crippen LogP contribution in [0.15, 0.2) is 120 Å². The second-order valence-electron chi connectivity index (χ2n) is 7.95. The summed E-state index contributed by atoms with van der Waals surface area (Å²) in [7, 11) is -2.13. The van der Waals surface area contributed by atoms with Crippen LogP contribution in [-0.4, -0.2) is 21.4 Å². The highest BCUT2D eigenvalue weighted by molar-refractivity contribution is 7.92. The van der Waals surface area contributed by atoms with E-state index in [9.17, 15) is 13.2 Å². The number of carbonyl (C=O) groups is 1. The molecule has 0 heterocycles. The van der Waals surface area contributed by atoms with Crippen LogP contribution in [0, 0.1) is 0 Å². The van der Waals surface area contributed by atoms with Crippen LogP contribution in [0.5, 0.6) is 0 Å². The molecule has 0 spiro atoms. The van der Waals surface area contributed by atoms with Crippen LogP contribution >= 0.6 is 0 Å². The predicted molar refractivity (Wildman–Crippen MR) is 135 cm³/mol. The van der Waals surface area contributed by atoms with E-state index in [0.717, 1.165) is 16.7 Å². The van der Waals surface area contributed by atoms with E-state index in [1.807, 2.05) is 60.7 Å². The maximum atomic E-state index is 12.9. The number of hydrogen-bond donors (Lipinski definition) is 1. The molecule has 4 aromatic carbocycles. The zero-order chi connectivity index (χ0) is 24.0. The molecule has 1 amide bonds. The molecule has 6 heteroatoms. The van der Waals surface area contributed by atoms with E-state index in [-0.39, 0.29) is 23.3 Å². The second-order valence-corrected chi connectivity index (χ2v) is 9.92. The molecule has 0 aliphatic rings. The number of sulfonamides is 1. The molecule has 0 aliphatic heterocycles. The third-order valence-corrected chi connectivity index (χ3v) is 7.44. The van der Waals surface area contributed by atoms with Crippen molar-refractivity contribution in [1.29, 1.82) is 0 Å². The highest BCUT2D eigenvalue weighted by Gasteiger charge is 2.21. The Labute approximate surface area is 200 Å². The Morgan fingerprint density at radius 3 is 1.71 bits per heavy atom. The maximum absolute atomic E-state index is 12.9. The molecule has 4 aromatic rings. The molecule has 172 valence electrons. The van der Waals surface area contributed by atoms with E-state index in [4.69, 9.17) is 0 Å². The smallest absolute Gasteiger partial charge is 0.264 e. The normalized spacial score (nSPS) is 11.2. The first-order chi connectivity index (χ1) is 16.4. The number of nitrogens with zero attached hydrogens (tertiary/aromatic N) is 1. The van der Waals surface area contributed by atoms with Gasteiger partial charge in [-0.25, -0.2) is 8.42 Å². The summed E-state index contributed by atoms with van der Waals surface area (Å²) in [5, 5.41) is 3.14. The number of nitrogens with one attached hydrogen (secondary N) is 1. The van der Waals surface area contributed by atoms with Gasteiger partial charge in [0.2, 0.25) is 5.91 Å². The lowest BCUT2D eigenvalue weighted by Crippen LogP contribution is -2.30. The molecule has 0 saturated heterocycles. The summed E-state index contributed by atoms with van der Waals surface area (Å²) in [6, 6.07) is 34.8.